The van der Waals surface area contributed by atoms with Crippen LogP contribution in [0.4, 0.5) is 0 Å². The Labute approximate surface area is 157 Å². The van der Waals surface area contributed by atoms with Gasteiger partial charge in [-0.15, -0.1) is 0 Å². The van der Waals surface area contributed by atoms with Crippen molar-refractivity contribution in [3.05, 3.63) is 35.4 Å². The fourth-order valence-electron chi connectivity index (χ4n) is 2.96. The highest BCUT2D eigenvalue weighted by atomic mass is 16.5. The van der Waals surface area contributed by atoms with E-state index >= 15 is 0 Å². The number of aliphatic carboxylic acids is 1. The molecule has 5 nitrogen and oxygen atoms in total. The van der Waals surface area contributed by atoms with Crippen molar-refractivity contribution in [2.24, 2.45) is 17.1 Å². The minimum Gasteiger partial charge on any atom is -0.480 e. The molecule has 0 bridgehead atoms. The molecule has 3 N–H and O–H groups in total. The summed E-state index contributed by atoms with van der Waals surface area (Å²) in [4.78, 5) is 22.9. The number of nitrogens with two attached hydrogens (primary N) is 1. The third-order valence-corrected chi connectivity index (χ3v) is 4.28. The highest BCUT2D eigenvalue weighted by molar-refractivity contribution is 5.99. The molecule has 0 radical (unpaired) electrons. The summed E-state index contributed by atoms with van der Waals surface area (Å²) in [5, 5.41) is 9.17. The van der Waals surface area contributed by atoms with Gasteiger partial charge in [0.05, 0.1) is 6.61 Å². The number of hydrogen-bond donors (Lipinski definition) is 2. The molecule has 1 aromatic carbocycles. The van der Waals surface area contributed by atoms with E-state index in [1.165, 1.54) is 11.1 Å². The van der Waals surface area contributed by atoms with Crippen molar-refractivity contribution < 1.29 is 19.4 Å². The van der Waals surface area contributed by atoms with Gasteiger partial charge < -0.3 is 15.6 Å². The van der Waals surface area contributed by atoms with Crippen molar-refractivity contribution in [2.75, 3.05) is 6.61 Å². The quantitative estimate of drug-likeness (QED) is 0.556. The summed E-state index contributed by atoms with van der Waals surface area (Å²) in [5.41, 5.74) is 6.86. The van der Waals surface area contributed by atoms with E-state index in [1.54, 1.807) is 13.8 Å². The number of carbonyl (C=O) groups excluding carboxylic acids is 1. The maximum Gasteiger partial charge on any atom is 0.323 e. The number of carbonyl (C=O) groups is 2. The normalized spacial score (nSPS) is 13.4. The lowest BCUT2D eigenvalue weighted by Crippen LogP contribution is -2.41. The van der Waals surface area contributed by atoms with Crippen LogP contribution in [0, 0.1) is 18.3 Å². The molecule has 1 aromatic rings. The maximum absolute atomic E-state index is 11.7. The van der Waals surface area contributed by atoms with Crippen molar-refractivity contribution in [1.82, 2.24) is 0 Å². The van der Waals surface area contributed by atoms with Crippen LogP contribution in [-0.4, -0.2) is 23.7 Å². The van der Waals surface area contributed by atoms with Gasteiger partial charge in [0, 0.05) is 5.54 Å². The third-order valence-electron chi connectivity index (χ3n) is 4.28. The van der Waals surface area contributed by atoms with E-state index in [9.17, 15) is 9.59 Å². The Morgan fingerprint density at radius 2 is 1.73 bits per heavy atom. The predicted molar refractivity (Wildman–Crippen MR) is 105 cm³/mol. The second kappa shape index (κ2) is 10.3. The molecule has 0 aliphatic heterocycles. The van der Waals surface area contributed by atoms with Gasteiger partial charge >= 0.3 is 11.9 Å². The van der Waals surface area contributed by atoms with Crippen molar-refractivity contribution in [1.29, 1.82) is 0 Å². The zero-order valence-corrected chi connectivity index (χ0v) is 17.3. The van der Waals surface area contributed by atoms with Crippen molar-refractivity contribution in [3.63, 3.8) is 0 Å². The molecule has 0 spiro atoms. The van der Waals surface area contributed by atoms with Gasteiger partial charge in [-0.3, -0.25) is 9.59 Å². The topological polar surface area (TPSA) is 89.6 Å². The maximum atomic E-state index is 11.7. The predicted octanol–water partition coefficient (Wildman–Crippen LogP) is 4.27. The van der Waals surface area contributed by atoms with Crippen LogP contribution < -0.4 is 5.73 Å². The van der Waals surface area contributed by atoms with Crippen LogP contribution in [0.5, 0.6) is 0 Å². The molecule has 0 fully saturated rings. The molecule has 0 saturated carbocycles. The molecule has 0 heterocycles. The van der Waals surface area contributed by atoms with Crippen LogP contribution in [0.1, 0.15) is 65.5 Å². The van der Waals surface area contributed by atoms with Gasteiger partial charge in [-0.25, -0.2) is 0 Å². The molecule has 0 saturated heterocycles. The monoisotopic (exact) mass is 365 g/mol. The second-order valence-corrected chi connectivity index (χ2v) is 7.60. The molecule has 0 aromatic heterocycles. The highest BCUT2D eigenvalue weighted by Gasteiger charge is 2.46. The Kier molecular flexibility index (Phi) is 9.57. The van der Waals surface area contributed by atoms with Crippen LogP contribution in [0.15, 0.2) is 24.3 Å². The number of ether oxygens (including phenoxy) is 1. The van der Waals surface area contributed by atoms with Crippen molar-refractivity contribution >= 4 is 11.9 Å². The first-order chi connectivity index (χ1) is 11.9. The number of hydrogen-bond acceptors (Lipinski definition) is 4. The van der Waals surface area contributed by atoms with E-state index in [1.807, 2.05) is 39.8 Å². The lowest BCUT2D eigenvalue weighted by Gasteiger charge is -2.27. The van der Waals surface area contributed by atoms with Gasteiger partial charge in [0.15, 0.2) is 5.41 Å². The van der Waals surface area contributed by atoms with Gasteiger partial charge in [0.2, 0.25) is 0 Å². The zero-order valence-electron chi connectivity index (χ0n) is 17.3. The Morgan fingerprint density at radius 1 is 1.19 bits per heavy atom. The fourth-order valence-corrected chi connectivity index (χ4v) is 2.96. The highest BCUT2D eigenvalue weighted by Crippen LogP contribution is 2.32. The number of carboxylic acids is 1. The van der Waals surface area contributed by atoms with E-state index in [2.05, 4.69) is 19.1 Å². The Balaban J connectivity index is 0.000000502. The molecular formula is C21H35NO4. The van der Waals surface area contributed by atoms with Gasteiger partial charge in [0.1, 0.15) is 0 Å². The first kappa shape index (κ1) is 24.1. The number of rotatable bonds is 7. The van der Waals surface area contributed by atoms with E-state index in [-0.39, 0.29) is 24.5 Å². The number of aryl methyl sites for hydroxylation is 1. The molecule has 26 heavy (non-hydrogen) atoms. The summed E-state index contributed by atoms with van der Waals surface area (Å²) in [6, 6.07) is 8.22. The van der Waals surface area contributed by atoms with Crippen LogP contribution in [0.3, 0.4) is 0 Å². The third kappa shape index (κ3) is 6.79. The van der Waals surface area contributed by atoms with E-state index in [4.69, 9.17) is 15.6 Å². The number of esters is 1. The summed E-state index contributed by atoms with van der Waals surface area (Å²) in [6.07, 6.45) is 0.580. The first-order valence-corrected chi connectivity index (χ1v) is 9.17. The van der Waals surface area contributed by atoms with Crippen LogP contribution in [0.2, 0.25) is 0 Å². The number of carboxylic acid groups (broad SMARTS) is 1. The summed E-state index contributed by atoms with van der Waals surface area (Å²) < 4.78 is 4.84. The molecule has 1 unspecified atom stereocenters. The fraction of sp³-hybridized carbons (Fsp3) is 0.619. The summed E-state index contributed by atoms with van der Waals surface area (Å²) in [6.45, 7) is 13.5. The minimum atomic E-state index is -1.37. The van der Waals surface area contributed by atoms with Gasteiger partial charge in [-0.2, -0.15) is 0 Å². The van der Waals surface area contributed by atoms with Gasteiger partial charge in [0.25, 0.3) is 0 Å². The molecular weight excluding hydrogens is 330 g/mol. The first-order valence-electron chi connectivity index (χ1n) is 9.17. The molecule has 0 aliphatic carbocycles. The molecule has 1 atom stereocenters. The van der Waals surface area contributed by atoms with Crippen LogP contribution in [0.25, 0.3) is 0 Å². The van der Waals surface area contributed by atoms with E-state index in [0.717, 1.165) is 0 Å². The van der Waals surface area contributed by atoms with Crippen LogP contribution >= 0.6 is 0 Å². The lowest BCUT2D eigenvalue weighted by molar-refractivity contribution is -0.170. The van der Waals surface area contributed by atoms with Gasteiger partial charge in [-0.1, -0.05) is 45.0 Å². The van der Waals surface area contributed by atoms with E-state index < -0.39 is 17.4 Å². The molecule has 0 aliphatic rings. The van der Waals surface area contributed by atoms with Crippen molar-refractivity contribution in [2.45, 2.75) is 66.8 Å². The average Bonchev–Trinajstić information content (AvgIpc) is 2.52. The number of benzene rings is 1. The van der Waals surface area contributed by atoms with Crippen LogP contribution in [-0.2, 0) is 19.9 Å². The molecule has 5 heteroatoms. The van der Waals surface area contributed by atoms with Gasteiger partial charge in [-0.05, 0) is 57.6 Å². The SMILES string of the molecule is CCOC(=O)C(CC)(CC(C)C)C(=O)O.Cc1ccccc1C(C)(C)N. The Bertz CT molecular complexity index is 590. The minimum absolute atomic E-state index is 0.144. The Hall–Kier alpha value is -1.88. The largest absolute Gasteiger partial charge is 0.480 e. The standard InChI is InChI=1S/C11H20O4.C10H15N/c1-5-11(9(12)13,7-8(3)4)10(14)15-6-2;1-8-6-4-5-7-9(8)10(2,3)11/h8H,5-7H2,1-4H3,(H,12,13);4-7H,11H2,1-3H3. The lowest BCUT2D eigenvalue weighted by atomic mass is 9.78. The van der Waals surface area contributed by atoms with Crippen molar-refractivity contribution in [3.8, 4) is 0 Å². The van der Waals surface area contributed by atoms with E-state index in [0.29, 0.717) is 6.42 Å². The molecule has 1 rings (SSSR count). The zero-order chi connectivity index (χ0) is 20.5. The average molecular weight is 366 g/mol. The smallest absolute Gasteiger partial charge is 0.323 e. The summed E-state index contributed by atoms with van der Waals surface area (Å²) in [5.74, 6) is -1.56. The summed E-state index contributed by atoms with van der Waals surface area (Å²) >= 11 is 0. The Morgan fingerprint density at radius 3 is 2.04 bits per heavy atom. The molecule has 0 amide bonds. The summed E-state index contributed by atoms with van der Waals surface area (Å²) in [7, 11) is 0. The second-order valence-electron chi connectivity index (χ2n) is 7.60. The molecule has 148 valence electrons.